The third kappa shape index (κ3) is 9.01. The molecule has 226 valence electrons. The van der Waals surface area contributed by atoms with Crippen LogP contribution < -0.4 is 5.32 Å². The second kappa shape index (κ2) is 14.9. The van der Waals surface area contributed by atoms with Gasteiger partial charge in [0.15, 0.2) is 11.4 Å². The lowest BCUT2D eigenvalue weighted by molar-refractivity contribution is 0.0425. The minimum Gasteiger partial charge on any atom is -0.461 e. The second-order valence-electron chi connectivity index (χ2n) is 10.8. The molecule has 0 saturated heterocycles. The summed E-state index contributed by atoms with van der Waals surface area (Å²) in [6, 6.07) is 0. The van der Waals surface area contributed by atoms with Gasteiger partial charge in [0.2, 0.25) is 0 Å². The SMILES string of the molecule is CCC[C@H](F)/C(=C\CBr)[C@](CF)(Cn1c(CC2CC2)nc(C(=O)OCC)c1C(=O)OCC)NC(=O)OC(C)(C)C. The smallest absolute Gasteiger partial charge is 0.408 e. The Bertz CT molecular complexity index is 1070. The average Bonchev–Trinajstić information content (AvgIpc) is 3.61. The molecule has 0 unspecified atom stereocenters. The van der Waals surface area contributed by atoms with Gasteiger partial charge in [-0.3, -0.25) is 0 Å². The first-order valence-corrected chi connectivity index (χ1v) is 14.9. The molecule has 1 N–H and O–H groups in total. The third-order valence-electron chi connectivity index (χ3n) is 6.28. The van der Waals surface area contributed by atoms with Crippen molar-refractivity contribution in [1.82, 2.24) is 14.9 Å². The van der Waals surface area contributed by atoms with Gasteiger partial charge in [-0.05, 0) is 65.4 Å². The molecule has 1 heterocycles. The number of allylic oxidation sites excluding steroid dienone is 1. The summed E-state index contributed by atoms with van der Waals surface area (Å²) in [4.78, 5) is 43.6. The van der Waals surface area contributed by atoms with E-state index in [9.17, 15) is 14.4 Å². The summed E-state index contributed by atoms with van der Waals surface area (Å²) in [7, 11) is 0. The fourth-order valence-electron chi connectivity index (χ4n) is 4.39. The highest BCUT2D eigenvalue weighted by Crippen LogP contribution is 2.35. The van der Waals surface area contributed by atoms with E-state index in [1.165, 1.54) is 10.6 Å². The highest BCUT2D eigenvalue weighted by Gasteiger charge is 2.44. The number of imidazole rings is 1. The van der Waals surface area contributed by atoms with Gasteiger partial charge in [-0.1, -0.05) is 35.4 Å². The lowest BCUT2D eigenvalue weighted by Gasteiger charge is -2.37. The lowest BCUT2D eigenvalue weighted by Crippen LogP contribution is -2.57. The van der Waals surface area contributed by atoms with Gasteiger partial charge >= 0.3 is 18.0 Å². The van der Waals surface area contributed by atoms with Crippen molar-refractivity contribution < 1.29 is 37.4 Å². The summed E-state index contributed by atoms with van der Waals surface area (Å²) in [5.74, 6) is -1.11. The number of esters is 2. The number of amides is 1. The minimum atomic E-state index is -1.98. The van der Waals surface area contributed by atoms with Crippen molar-refractivity contribution in [1.29, 1.82) is 0 Å². The van der Waals surface area contributed by atoms with Crippen molar-refractivity contribution in [3.8, 4) is 0 Å². The number of alkyl halides is 3. The number of halogens is 3. The Hall–Kier alpha value is -2.50. The van der Waals surface area contributed by atoms with E-state index in [-0.39, 0.29) is 47.8 Å². The first-order valence-electron chi connectivity index (χ1n) is 13.8. The van der Waals surface area contributed by atoms with Crippen LogP contribution in [0.3, 0.4) is 0 Å². The predicted molar refractivity (Wildman–Crippen MR) is 150 cm³/mol. The van der Waals surface area contributed by atoms with Gasteiger partial charge in [0.25, 0.3) is 0 Å². The van der Waals surface area contributed by atoms with Crippen LogP contribution in [0.5, 0.6) is 0 Å². The topological polar surface area (TPSA) is 109 Å². The number of rotatable bonds is 15. The summed E-state index contributed by atoms with van der Waals surface area (Å²) >= 11 is 3.28. The fourth-order valence-corrected chi connectivity index (χ4v) is 4.74. The van der Waals surface area contributed by atoms with Crippen molar-refractivity contribution in [2.45, 2.75) is 97.5 Å². The van der Waals surface area contributed by atoms with E-state index in [0.29, 0.717) is 18.7 Å². The normalized spacial score (nSPS) is 16.2. The molecule has 2 atom stereocenters. The highest BCUT2D eigenvalue weighted by molar-refractivity contribution is 9.09. The summed E-state index contributed by atoms with van der Waals surface area (Å²) < 4.78 is 48.3. The molecule has 1 aromatic heterocycles. The van der Waals surface area contributed by atoms with Crippen molar-refractivity contribution in [2.75, 3.05) is 25.2 Å². The molecule has 1 saturated carbocycles. The Kier molecular flexibility index (Phi) is 12.6. The summed E-state index contributed by atoms with van der Waals surface area (Å²) in [6.07, 6.45) is 1.71. The lowest BCUT2D eigenvalue weighted by atomic mass is 9.85. The molecule has 0 aromatic carbocycles. The molecule has 0 radical (unpaired) electrons. The van der Waals surface area contributed by atoms with Crippen LogP contribution in [-0.4, -0.2) is 70.1 Å². The van der Waals surface area contributed by atoms with E-state index in [2.05, 4.69) is 26.2 Å². The molecule has 1 aliphatic rings. The number of carbonyl (C=O) groups is 3. The zero-order valence-electron chi connectivity index (χ0n) is 24.3. The van der Waals surface area contributed by atoms with Crippen LogP contribution in [-0.2, 0) is 27.2 Å². The molecule has 12 heteroatoms. The number of hydrogen-bond donors (Lipinski definition) is 1. The molecule has 1 aromatic rings. The molecular formula is C28H42BrF2N3O6. The number of nitrogens with zero attached hydrogens (tertiary/aromatic N) is 2. The fraction of sp³-hybridized carbons (Fsp3) is 0.714. The Balaban J connectivity index is 2.81. The van der Waals surface area contributed by atoms with Crippen molar-refractivity contribution in [3.63, 3.8) is 0 Å². The number of nitrogens with one attached hydrogen (secondary N) is 1. The minimum absolute atomic E-state index is 0.00639. The quantitative estimate of drug-likeness (QED) is 0.111. The van der Waals surface area contributed by atoms with Crippen LogP contribution in [0.25, 0.3) is 0 Å². The standard InChI is InChI=1S/C28H42BrF2N3O6/c1-7-10-20(31)19(13-14-29)28(16-30,33-26(37)40-27(4,5)6)17-34-21(15-18-11-12-18)32-22(24(35)38-8-2)23(34)25(36)39-9-3/h13,18,20H,7-12,14-17H2,1-6H3,(H,33,37)/b19-13+/t20-,28-/m0/s1. The number of ether oxygens (including phenoxy) is 3. The molecular weight excluding hydrogens is 592 g/mol. The zero-order chi connectivity index (χ0) is 30.1. The number of aromatic nitrogens is 2. The molecule has 1 amide bonds. The summed E-state index contributed by atoms with van der Waals surface area (Å²) in [5, 5.41) is 2.77. The maximum atomic E-state index is 15.7. The number of alkyl carbamates (subject to hydrolysis) is 1. The van der Waals surface area contributed by atoms with Crippen LogP contribution in [0.15, 0.2) is 11.6 Å². The molecule has 2 rings (SSSR count). The van der Waals surface area contributed by atoms with Gasteiger partial charge < -0.3 is 24.1 Å². The maximum Gasteiger partial charge on any atom is 0.408 e. The van der Waals surface area contributed by atoms with Gasteiger partial charge in [-0.2, -0.15) is 0 Å². The van der Waals surface area contributed by atoms with Gasteiger partial charge in [0, 0.05) is 11.8 Å². The Morgan fingerprint density at radius 1 is 1.15 bits per heavy atom. The van der Waals surface area contributed by atoms with Crippen molar-refractivity contribution in [3.05, 3.63) is 28.9 Å². The van der Waals surface area contributed by atoms with Gasteiger partial charge in [0.1, 0.15) is 29.8 Å². The number of hydrogen-bond acceptors (Lipinski definition) is 7. The van der Waals surface area contributed by atoms with Gasteiger partial charge in [0.05, 0.1) is 19.8 Å². The molecule has 40 heavy (non-hydrogen) atoms. The first-order chi connectivity index (χ1) is 18.9. The molecule has 1 aliphatic carbocycles. The van der Waals surface area contributed by atoms with E-state index in [1.54, 1.807) is 41.5 Å². The molecule has 1 fully saturated rings. The number of carbonyl (C=O) groups excluding carboxylic acids is 3. The molecule has 0 bridgehead atoms. The van der Waals surface area contributed by atoms with Crippen LogP contribution in [0.4, 0.5) is 13.6 Å². The largest absolute Gasteiger partial charge is 0.461 e. The Morgan fingerprint density at radius 3 is 2.27 bits per heavy atom. The van der Waals surface area contributed by atoms with Crippen molar-refractivity contribution in [2.24, 2.45) is 5.92 Å². The van der Waals surface area contributed by atoms with Crippen LogP contribution >= 0.6 is 15.9 Å². The Labute approximate surface area is 243 Å². The molecule has 9 nitrogen and oxygen atoms in total. The molecule has 0 aliphatic heterocycles. The van der Waals surface area contributed by atoms with E-state index in [1.807, 2.05) is 0 Å². The van der Waals surface area contributed by atoms with Crippen LogP contribution in [0, 0.1) is 5.92 Å². The summed E-state index contributed by atoms with van der Waals surface area (Å²) in [5.41, 5.74) is -3.40. The van der Waals surface area contributed by atoms with E-state index in [0.717, 1.165) is 12.8 Å². The monoisotopic (exact) mass is 633 g/mol. The van der Waals surface area contributed by atoms with Crippen molar-refractivity contribution >= 4 is 34.0 Å². The van der Waals surface area contributed by atoms with Gasteiger partial charge in [-0.15, -0.1) is 0 Å². The predicted octanol–water partition coefficient (Wildman–Crippen LogP) is 5.88. The first kappa shape index (κ1) is 33.7. The van der Waals surface area contributed by atoms with Crippen LogP contribution in [0.1, 0.15) is 94.0 Å². The van der Waals surface area contributed by atoms with Gasteiger partial charge in [-0.25, -0.2) is 28.1 Å². The highest BCUT2D eigenvalue weighted by atomic mass is 79.9. The second-order valence-corrected chi connectivity index (χ2v) is 11.5. The van der Waals surface area contributed by atoms with E-state index in [4.69, 9.17) is 14.2 Å². The third-order valence-corrected chi connectivity index (χ3v) is 6.60. The van der Waals surface area contributed by atoms with Crippen LogP contribution in [0.2, 0.25) is 0 Å². The average molecular weight is 635 g/mol. The van der Waals surface area contributed by atoms with E-state index >= 15 is 8.78 Å². The Morgan fingerprint density at radius 2 is 1.77 bits per heavy atom. The maximum absolute atomic E-state index is 15.7. The van der Waals surface area contributed by atoms with E-state index < -0.39 is 48.6 Å². The summed E-state index contributed by atoms with van der Waals surface area (Å²) in [6.45, 7) is 8.37. The zero-order valence-corrected chi connectivity index (χ0v) is 25.9. The molecule has 0 spiro atoms.